The zero-order valence-corrected chi connectivity index (χ0v) is 17.5. The van der Waals surface area contributed by atoms with Crippen LogP contribution in [0.1, 0.15) is 26.7 Å². The van der Waals surface area contributed by atoms with Crippen molar-refractivity contribution in [3.8, 4) is 0 Å². The van der Waals surface area contributed by atoms with E-state index >= 15 is 0 Å². The summed E-state index contributed by atoms with van der Waals surface area (Å²) in [5.74, 6) is 0.819. The van der Waals surface area contributed by atoms with Crippen LogP contribution < -0.4 is 10.6 Å². The Morgan fingerprint density at radius 2 is 1.92 bits per heavy atom. The third-order valence-electron chi connectivity index (χ3n) is 4.15. The Morgan fingerprint density at radius 3 is 2.50 bits per heavy atom. The van der Waals surface area contributed by atoms with Crippen molar-refractivity contribution in [1.29, 1.82) is 0 Å². The second kappa shape index (κ2) is 12.5. The molecule has 0 unspecified atom stereocenters. The van der Waals surface area contributed by atoms with Crippen molar-refractivity contribution < 1.29 is 17.9 Å². The Labute approximate surface area is 158 Å². The number of sulfone groups is 1. The summed E-state index contributed by atoms with van der Waals surface area (Å²) in [6.07, 6.45) is 3.66. The third-order valence-corrected chi connectivity index (χ3v) is 5.06. The molecule has 0 saturated carbocycles. The number of nitrogens with one attached hydrogen (secondary N) is 2. The molecule has 0 bridgehead atoms. The van der Waals surface area contributed by atoms with Crippen molar-refractivity contribution >= 4 is 15.8 Å². The van der Waals surface area contributed by atoms with E-state index in [1.807, 2.05) is 0 Å². The predicted octanol–water partition coefficient (Wildman–Crippen LogP) is 0.102. The third kappa shape index (κ3) is 11.7. The molecule has 1 rings (SSSR count). The first-order valence-electron chi connectivity index (χ1n) is 9.36. The molecule has 1 heterocycles. The van der Waals surface area contributed by atoms with Gasteiger partial charge in [-0.25, -0.2) is 8.42 Å². The van der Waals surface area contributed by atoms with E-state index in [1.165, 1.54) is 6.26 Å². The lowest BCUT2D eigenvalue weighted by Gasteiger charge is -2.33. The molecule has 0 radical (unpaired) electrons. The molecule has 0 spiro atoms. The van der Waals surface area contributed by atoms with Crippen LogP contribution >= 0.6 is 0 Å². The van der Waals surface area contributed by atoms with Crippen molar-refractivity contribution in [2.45, 2.75) is 38.8 Å². The maximum atomic E-state index is 11.0. The van der Waals surface area contributed by atoms with Crippen molar-refractivity contribution in [2.24, 2.45) is 4.99 Å². The summed E-state index contributed by atoms with van der Waals surface area (Å²) in [4.78, 5) is 6.67. The number of hydrogen-bond acceptors (Lipinski definition) is 6. The summed E-state index contributed by atoms with van der Waals surface area (Å²) >= 11 is 0. The minimum Gasteiger partial charge on any atom is -0.379 e. The van der Waals surface area contributed by atoms with Crippen LogP contribution in [0.25, 0.3) is 0 Å². The molecule has 0 aromatic carbocycles. The maximum absolute atomic E-state index is 11.0. The Hall–Kier alpha value is -0.900. The molecular weight excluding hydrogens is 356 g/mol. The fourth-order valence-corrected chi connectivity index (χ4v) is 3.08. The van der Waals surface area contributed by atoms with Gasteiger partial charge in [-0.2, -0.15) is 0 Å². The molecule has 9 heteroatoms. The van der Waals surface area contributed by atoms with Gasteiger partial charge < -0.3 is 25.0 Å². The highest BCUT2D eigenvalue weighted by Crippen LogP contribution is 2.10. The number of ether oxygens (including phenoxy) is 2. The first-order valence-corrected chi connectivity index (χ1v) is 11.4. The fraction of sp³-hybridized carbons (Fsp3) is 0.941. The van der Waals surface area contributed by atoms with E-state index in [9.17, 15) is 8.42 Å². The Balaban J connectivity index is 2.12. The lowest BCUT2D eigenvalue weighted by molar-refractivity contribution is 0.0532. The van der Waals surface area contributed by atoms with Gasteiger partial charge in [-0.3, -0.25) is 4.99 Å². The highest BCUT2D eigenvalue weighted by atomic mass is 32.2. The topological polar surface area (TPSA) is 92.3 Å². The van der Waals surface area contributed by atoms with Crippen molar-refractivity contribution in [1.82, 2.24) is 15.5 Å². The van der Waals surface area contributed by atoms with E-state index < -0.39 is 9.84 Å². The van der Waals surface area contributed by atoms with Crippen molar-refractivity contribution in [2.75, 3.05) is 65.1 Å². The molecule has 1 aliphatic heterocycles. The number of guanidine groups is 1. The number of hydrogen-bond donors (Lipinski definition) is 2. The predicted molar refractivity (Wildman–Crippen MR) is 106 cm³/mol. The number of nitrogens with zero attached hydrogens (tertiary/aromatic N) is 2. The van der Waals surface area contributed by atoms with E-state index in [2.05, 4.69) is 34.4 Å². The number of piperidine rings is 1. The molecule has 0 aromatic heterocycles. The highest BCUT2D eigenvalue weighted by molar-refractivity contribution is 7.90. The molecule has 1 saturated heterocycles. The molecule has 26 heavy (non-hydrogen) atoms. The zero-order chi connectivity index (χ0) is 19.4. The minimum atomic E-state index is -2.96. The quantitative estimate of drug-likeness (QED) is 0.293. The van der Waals surface area contributed by atoms with E-state index in [1.54, 1.807) is 7.05 Å². The van der Waals surface area contributed by atoms with Crippen LogP contribution in [0.15, 0.2) is 4.99 Å². The molecule has 0 aromatic rings. The van der Waals surface area contributed by atoms with Crippen LogP contribution in [-0.2, 0) is 19.3 Å². The summed E-state index contributed by atoms with van der Waals surface area (Å²) in [7, 11) is -1.21. The van der Waals surface area contributed by atoms with Crippen LogP contribution in [0.4, 0.5) is 0 Å². The SMILES string of the molecule is CN=C(NCCOCCS(C)(=O)=O)NC1CCN(CCOC(C)C)CC1. The van der Waals surface area contributed by atoms with Gasteiger partial charge in [0.2, 0.25) is 0 Å². The summed E-state index contributed by atoms with van der Waals surface area (Å²) in [5, 5.41) is 6.65. The van der Waals surface area contributed by atoms with Gasteiger partial charge in [0.15, 0.2) is 5.96 Å². The molecule has 0 aliphatic carbocycles. The normalized spacial score (nSPS) is 17.7. The Kier molecular flexibility index (Phi) is 11.1. The largest absolute Gasteiger partial charge is 0.379 e. The van der Waals surface area contributed by atoms with Crippen LogP contribution in [0.5, 0.6) is 0 Å². The molecule has 1 aliphatic rings. The van der Waals surface area contributed by atoms with Gasteiger partial charge in [0.05, 0.1) is 31.7 Å². The molecule has 154 valence electrons. The number of rotatable bonds is 11. The van der Waals surface area contributed by atoms with E-state index in [0.717, 1.165) is 45.0 Å². The highest BCUT2D eigenvalue weighted by Gasteiger charge is 2.19. The minimum absolute atomic E-state index is 0.0563. The molecule has 0 atom stereocenters. The van der Waals surface area contributed by atoms with Gasteiger partial charge in [0.25, 0.3) is 0 Å². The first-order chi connectivity index (χ1) is 12.3. The molecule has 1 fully saturated rings. The zero-order valence-electron chi connectivity index (χ0n) is 16.7. The van der Waals surface area contributed by atoms with Gasteiger partial charge >= 0.3 is 0 Å². The van der Waals surface area contributed by atoms with Crippen LogP contribution in [-0.4, -0.2) is 96.5 Å². The molecule has 8 nitrogen and oxygen atoms in total. The second-order valence-electron chi connectivity index (χ2n) is 6.92. The monoisotopic (exact) mass is 392 g/mol. The van der Waals surface area contributed by atoms with Gasteiger partial charge in [0.1, 0.15) is 9.84 Å². The summed E-state index contributed by atoms with van der Waals surface area (Å²) in [6.45, 7) is 9.29. The Morgan fingerprint density at radius 1 is 1.23 bits per heavy atom. The summed E-state index contributed by atoms with van der Waals surface area (Å²) in [5.41, 5.74) is 0. The summed E-state index contributed by atoms with van der Waals surface area (Å²) in [6, 6.07) is 0.412. The van der Waals surface area contributed by atoms with Gasteiger partial charge in [-0.1, -0.05) is 0 Å². The maximum Gasteiger partial charge on any atom is 0.191 e. The number of aliphatic imine (C=N–C) groups is 1. The van der Waals surface area contributed by atoms with Crippen LogP contribution in [0.3, 0.4) is 0 Å². The summed E-state index contributed by atoms with van der Waals surface area (Å²) < 4.78 is 33.0. The van der Waals surface area contributed by atoms with E-state index in [0.29, 0.717) is 25.3 Å². The fourth-order valence-electron chi connectivity index (χ4n) is 2.66. The van der Waals surface area contributed by atoms with Crippen molar-refractivity contribution in [3.63, 3.8) is 0 Å². The lowest BCUT2D eigenvalue weighted by Crippen LogP contribution is -2.49. The molecular formula is C17H36N4O4S. The second-order valence-corrected chi connectivity index (χ2v) is 9.18. The molecule has 0 amide bonds. The van der Waals surface area contributed by atoms with Gasteiger partial charge in [-0.15, -0.1) is 0 Å². The average Bonchev–Trinajstić information content (AvgIpc) is 2.57. The van der Waals surface area contributed by atoms with Gasteiger partial charge in [-0.05, 0) is 26.7 Å². The van der Waals surface area contributed by atoms with Crippen LogP contribution in [0, 0.1) is 0 Å². The van der Waals surface area contributed by atoms with E-state index in [4.69, 9.17) is 9.47 Å². The molecule has 2 N–H and O–H groups in total. The Bertz CT molecular complexity index is 503. The number of likely N-dealkylation sites (tertiary alicyclic amines) is 1. The smallest absolute Gasteiger partial charge is 0.191 e. The first kappa shape index (κ1) is 23.1. The van der Waals surface area contributed by atoms with E-state index in [-0.39, 0.29) is 12.4 Å². The van der Waals surface area contributed by atoms with Crippen LogP contribution in [0.2, 0.25) is 0 Å². The average molecular weight is 393 g/mol. The lowest BCUT2D eigenvalue weighted by atomic mass is 10.1. The van der Waals surface area contributed by atoms with Crippen molar-refractivity contribution in [3.05, 3.63) is 0 Å². The van der Waals surface area contributed by atoms with Gasteiger partial charge in [0, 0.05) is 45.5 Å². The standard InChI is InChI=1S/C17H36N4O4S/c1-15(2)25-12-10-21-8-5-16(6-9-21)20-17(18-3)19-7-11-24-13-14-26(4,22)23/h15-16H,5-14H2,1-4H3,(H2,18,19,20).